The van der Waals surface area contributed by atoms with Crippen molar-refractivity contribution in [3.8, 4) is 5.75 Å². The Kier molecular flexibility index (Phi) is 4.09. The molecule has 0 spiro atoms. The lowest BCUT2D eigenvalue weighted by atomic mass is 10.3. The highest BCUT2D eigenvalue weighted by atomic mass is 19.1. The van der Waals surface area contributed by atoms with Crippen LogP contribution in [-0.2, 0) is 0 Å². The molecule has 0 aliphatic rings. The van der Waals surface area contributed by atoms with Crippen LogP contribution in [0.4, 0.5) is 15.9 Å². The first-order valence-corrected chi connectivity index (χ1v) is 5.59. The third-order valence-corrected chi connectivity index (χ3v) is 2.24. The number of aromatic nitrogens is 1. The van der Waals surface area contributed by atoms with Crippen molar-refractivity contribution in [3.63, 3.8) is 0 Å². The fourth-order valence-electron chi connectivity index (χ4n) is 1.41. The Hall–Kier alpha value is -2.14. The van der Waals surface area contributed by atoms with Gasteiger partial charge in [-0.1, -0.05) is 0 Å². The SMILES string of the molecule is NCCOc1ccc(Nc2ccc(F)cn2)cc1. The molecule has 1 aromatic heterocycles. The molecule has 0 unspecified atom stereocenters. The normalized spacial score (nSPS) is 10.1. The van der Waals surface area contributed by atoms with Crippen LogP contribution in [-0.4, -0.2) is 18.1 Å². The molecule has 0 amide bonds. The molecule has 0 saturated carbocycles. The minimum atomic E-state index is -0.355. The van der Waals surface area contributed by atoms with Crippen LogP contribution < -0.4 is 15.8 Å². The van der Waals surface area contributed by atoms with Crippen molar-refractivity contribution >= 4 is 11.5 Å². The van der Waals surface area contributed by atoms with Gasteiger partial charge in [0.05, 0.1) is 6.20 Å². The molecule has 0 atom stereocenters. The van der Waals surface area contributed by atoms with Gasteiger partial charge in [0, 0.05) is 12.2 Å². The Bertz CT molecular complexity index is 485. The molecule has 5 heteroatoms. The van der Waals surface area contributed by atoms with E-state index in [-0.39, 0.29) is 5.82 Å². The van der Waals surface area contributed by atoms with E-state index >= 15 is 0 Å². The lowest BCUT2D eigenvalue weighted by molar-refractivity contribution is 0.328. The lowest BCUT2D eigenvalue weighted by Gasteiger charge is -2.07. The molecule has 18 heavy (non-hydrogen) atoms. The highest BCUT2D eigenvalue weighted by Gasteiger charge is 1.98. The third-order valence-electron chi connectivity index (χ3n) is 2.24. The molecule has 0 radical (unpaired) electrons. The number of anilines is 2. The van der Waals surface area contributed by atoms with Crippen molar-refractivity contribution in [1.29, 1.82) is 0 Å². The zero-order valence-electron chi connectivity index (χ0n) is 9.77. The van der Waals surface area contributed by atoms with Gasteiger partial charge in [-0.2, -0.15) is 0 Å². The Morgan fingerprint density at radius 1 is 1.17 bits per heavy atom. The van der Waals surface area contributed by atoms with Gasteiger partial charge in [-0.15, -0.1) is 0 Å². The second-order valence-corrected chi connectivity index (χ2v) is 3.65. The van der Waals surface area contributed by atoms with Crippen LogP contribution in [0.5, 0.6) is 5.75 Å². The minimum absolute atomic E-state index is 0.355. The van der Waals surface area contributed by atoms with Gasteiger partial charge in [0.15, 0.2) is 0 Å². The maximum atomic E-state index is 12.7. The van der Waals surface area contributed by atoms with Crippen molar-refractivity contribution in [2.24, 2.45) is 5.73 Å². The van der Waals surface area contributed by atoms with Gasteiger partial charge in [-0.05, 0) is 36.4 Å². The summed E-state index contributed by atoms with van der Waals surface area (Å²) in [6.45, 7) is 0.978. The van der Waals surface area contributed by atoms with E-state index in [1.165, 1.54) is 12.3 Å². The topological polar surface area (TPSA) is 60.2 Å². The van der Waals surface area contributed by atoms with Gasteiger partial charge in [-0.25, -0.2) is 9.37 Å². The van der Waals surface area contributed by atoms with Gasteiger partial charge >= 0.3 is 0 Å². The van der Waals surface area contributed by atoms with Crippen LogP contribution in [0.1, 0.15) is 0 Å². The molecule has 1 aromatic carbocycles. The quantitative estimate of drug-likeness (QED) is 0.851. The van der Waals surface area contributed by atoms with Crippen LogP contribution in [0.15, 0.2) is 42.6 Å². The molecular formula is C13H14FN3O. The van der Waals surface area contributed by atoms with E-state index in [9.17, 15) is 4.39 Å². The second-order valence-electron chi connectivity index (χ2n) is 3.65. The molecule has 4 nitrogen and oxygen atoms in total. The number of benzene rings is 1. The zero-order valence-corrected chi connectivity index (χ0v) is 9.77. The van der Waals surface area contributed by atoms with E-state index < -0.39 is 0 Å². The number of pyridine rings is 1. The minimum Gasteiger partial charge on any atom is -0.492 e. The predicted octanol–water partition coefficient (Wildman–Crippen LogP) is 2.30. The Labute approximate surface area is 105 Å². The first-order chi connectivity index (χ1) is 8.78. The van der Waals surface area contributed by atoms with Gasteiger partial charge in [0.2, 0.25) is 0 Å². The van der Waals surface area contributed by atoms with Gasteiger partial charge in [-0.3, -0.25) is 0 Å². The number of nitrogens with one attached hydrogen (secondary N) is 1. The summed E-state index contributed by atoms with van der Waals surface area (Å²) >= 11 is 0. The fourth-order valence-corrected chi connectivity index (χ4v) is 1.41. The number of nitrogens with zero attached hydrogens (tertiary/aromatic N) is 1. The van der Waals surface area contributed by atoms with E-state index in [1.807, 2.05) is 24.3 Å². The molecule has 0 aliphatic heterocycles. The predicted molar refractivity (Wildman–Crippen MR) is 68.5 cm³/mol. The van der Waals surface area contributed by atoms with E-state index in [1.54, 1.807) is 6.07 Å². The van der Waals surface area contributed by atoms with Crippen molar-refractivity contribution in [2.75, 3.05) is 18.5 Å². The Morgan fingerprint density at radius 2 is 1.94 bits per heavy atom. The summed E-state index contributed by atoms with van der Waals surface area (Å²) in [7, 11) is 0. The van der Waals surface area contributed by atoms with Gasteiger partial charge in [0.25, 0.3) is 0 Å². The first kappa shape index (κ1) is 12.3. The van der Waals surface area contributed by atoms with Crippen LogP contribution in [0.2, 0.25) is 0 Å². The number of ether oxygens (including phenoxy) is 1. The van der Waals surface area contributed by atoms with E-state index in [0.29, 0.717) is 19.0 Å². The molecule has 3 N–H and O–H groups in total. The summed E-state index contributed by atoms with van der Waals surface area (Å²) in [6, 6.07) is 10.3. The molecule has 0 bridgehead atoms. The molecule has 1 heterocycles. The van der Waals surface area contributed by atoms with Crippen LogP contribution in [0.25, 0.3) is 0 Å². The number of nitrogens with two attached hydrogens (primary N) is 1. The average molecular weight is 247 g/mol. The highest BCUT2D eigenvalue weighted by molar-refractivity contribution is 5.56. The summed E-state index contributed by atoms with van der Waals surface area (Å²) < 4.78 is 18.0. The van der Waals surface area contributed by atoms with Crippen molar-refractivity contribution in [2.45, 2.75) is 0 Å². The highest BCUT2D eigenvalue weighted by Crippen LogP contribution is 2.18. The monoisotopic (exact) mass is 247 g/mol. The zero-order chi connectivity index (χ0) is 12.8. The molecule has 0 saturated heterocycles. The number of hydrogen-bond donors (Lipinski definition) is 2. The van der Waals surface area contributed by atoms with Crippen molar-refractivity contribution < 1.29 is 9.13 Å². The number of rotatable bonds is 5. The molecule has 2 aromatic rings. The number of halogens is 1. The Morgan fingerprint density at radius 3 is 2.56 bits per heavy atom. The molecule has 0 aliphatic carbocycles. The maximum Gasteiger partial charge on any atom is 0.141 e. The summed E-state index contributed by atoms with van der Waals surface area (Å²) in [5.74, 6) is 0.996. The fraction of sp³-hybridized carbons (Fsp3) is 0.154. The molecule has 94 valence electrons. The van der Waals surface area contributed by atoms with Crippen LogP contribution in [0, 0.1) is 5.82 Å². The summed E-state index contributed by atoms with van der Waals surface area (Å²) in [4.78, 5) is 3.91. The van der Waals surface area contributed by atoms with Gasteiger partial charge < -0.3 is 15.8 Å². The standard InChI is InChI=1S/C13H14FN3O/c14-10-1-6-13(16-9-10)17-11-2-4-12(5-3-11)18-8-7-15/h1-6,9H,7-8,15H2,(H,16,17). The van der Waals surface area contributed by atoms with Crippen LogP contribution >= 0.6 is 0 Å². The van der Waals surface area contributed by atoms with E-state index in [4.69, 9.17) is 10.5 Å². The summed E-state index contributed by atoms with van der Waals surface area (Å²) in [5, 5.41) is 3.06. The van der Waals surface area contributed by atoms with Crippen LogP contribution in [0.3, 0.4) is 0 Å². The second kappa shape index (κ2) is 5.97. The van der Waals surface area contributed by atoms with E-state index in [2.05, 4.69) is 10.3 Å². The smallest absolute Gasteiger partial charge is 0.141 e. The van der Waals surface area contributed by atoms with Crippen molar-refractivity contribution in [1.82, 2.24) is 4.98 Å². The Balaban J connectivity index is 1.99. The van der Waals surface area contributed by atoms with E-state index in [0.717, 1.165) is 11.4 Å². The third kappa shape index (κ3) is 3.43. The summed E-state index contributed by atoms with van der Waals surface area (Å²) in [5.41, 5.74) is 6.20. The van der Waals surface area contributed by atoms with Crippen molar-refractivity contribution in [3.05, 3.63) is 48.4 Å². The first-order valence-electron chi connectivity index (χ1n) is 5.59. The summed E-state index contributed by atoms with van der Waals surface area (Å²) in [6.07, 6.45) is 1.17. The number of hydrogen-bond acceptors (Lipinski definition) is 4. The maximum absolute atomic E-state index is 12.7. The van der Waals surface area contributed by atoms with Gasteiger partial charge in [0.1, 0.15) is 24.0 Å². The average Bonchev–Trinajstić information content (AvgIpc) is 2.41. The molecular weight excluding hydrogens is 233 g/mol. The molecule has 0 fully saturated rings. The lowest BCUT2D eigenvalue weighted by Crippen LogP contribution is -2.10. The molecule has 2 rings (SSSR count). The largest absolute Gasteiger partial charge is 0.492 e.